The number of aliphatic hydroxyl groups excluding tert-OH is 1. The number of hydrogen-bond donors (Lipinski definition) is 2. The Balaban J connectivity index is 1.64. The van der Waals surface area contributed by atoms with Crippen molar-refractivity contribution < 1.29 is 29.3 Å². The van der Waals surface area contributed by atoms with Crippen molar-refractivity contribution in [3.8, 4) is 17.2 Å². The highest BCUT2D eigenvalue weighted by Crippen LogP contribution is 2.44. The van der Waals surface area contributed by atoms with Crippen LogP contribution >= 0.6 is 0 Å². The molecule has 8 nitrogen and oxygen atoms in total. The summed E-state index contributed by atoms with van der Waals surface area (Å²) in [5.74, 6) is -0.819. The van der Waals surface area contributed by atoms with Gasteiger partial charge in [-0.1, -0.05) is 12.1 Å². The zero-order valence-electron chi connectivity index (χ0n) is 20.0. The smallest absolute Gasteiger partial charge is 0.300 e. The Bertz CT molecular complexity index is 1340. The Morgan fingerprint density at radius 3 is 2.28 bits per heavy atom. The number of anilines is 2. The van der Waals surface area contributed by atoms with Crippen LogP contribution in [0.25, 0.3) is 5.76 Å². The van der Waals surface area contributed by atoms with E-state index in [-0.39, 0.29) is 23.9 Å². The predicted octanol–water partition coefficient (Wildman–Crippen LogP) is 4.59. The molecular weight excluding hydrogens is 460 g/mol. The molecule has 2 N–H and O–H groups in total. The number of nitrogens with zero attached hydrogens (tertiary/aromatic N) is 2. The summed E-state index contributed by atoms with van der Waals surface area (Å²) in [5, 5.41) is 21.1. The zero-order valence-corrected chi connectivity index (χ0v) is 20.0. The van der Waals surface area contributed by atoms with Crippen molar-refractivity contribution >= 4 is 28.8 Å². The molecule has 3 aromatic rings. The SMILES string of the molecule is CCN(CC)c1ccc(N2C(=O)C(=O)/C(=C(\O)c3ccc4c(c3)OCO4)C2c2ccc(O)cc2)cc1. The Morgan fingerprint density at radius 2 is 1.61 bits per heavy atom. The number of aliphatic hydroxyl groups is 1. The number of carbonyl (C=O) groups is 2. The molecule has 5 rings (SSSR count). The van der Waals surface area contributed by atoms with Crippen LogP contribution in [0, 0.1) is 0 Å². The monoisotopic (exact) mass is 486 g/mol. The molecular formula is C28H26N2O6. The molecule has 36 heavy (non-hydrogen) atoms. The van der Waals surface area contributed by atoms with Gasteiger partial charge in [-0.15, -0.1) is 0 Å². The van der Waals surface area contributed by atoms with E-state index in [9.17, 15) is 19.8 Å². The van der Waals surface area contributed by atoms with Gasteiger partial charge in [-0.3, -0.25) is 14.5 Å². The third kappa shape index (κ3) is 3.90. The van der Waals surface area contributed by atoms with Gasteiger partial charge in [0.25, 0.3) is 11.7 Å². The van der Waals surface area contributed by atoms with E-state index in [1.807, 2.05) is 12.1 Å². The average molecular weight is 487 g/mol. The first-order valence-corrected chi connectivity index (χ1v) is 11.8. The number of benzene rings is 3. The number of Topliss-reactive ketones (excluding diaryl/α,β-unsaturated/α-hetero) is 1. The second-order valence-electron chi connectivity index (χ2n) is 8.52. The molecule has 0 radical (unpaired) electrons. The van der Waals surface area contributed by atoms with Crippen molar-refractivity contribution in [2.24, 2.45) is 0 Å². The fourth-order valence-corrected chi connectivity index (χ4v) is 4.68. The topological polar surface area (TPSA) is 99.5 Å². The number of phenols is 1. The molecule has 1 amide bonds. The van der Waals surface area contributed by atoms with E-state index in [4.69, 9.17) is 9.47 Å². The summed E-state index contributed by atoms with van der Waals surface area (Å²) in [5.41, 5.74) is 2.38. The maximum Gasteiger partial charge on any atom is 0.300 e. The molecule has 184 valence electrons. The number of aromatic hydroxyl groups is 1. The van der Waals surface area contributed by atoms with Crippen LogP contribution in [-0.2, 0) is 9.59 Å². The molecule has 1 atom stereocenters. The first-order valence-electron chi connectivity index (χ1n) is 11.8. The summed E-state index contributed by atoms with van der Waals surface area (Å²) in [6.45, 7) is 5.88. The lowest BCUT2D eigenvalue weighted by atomic mass is 9.95. The molecule has 0 bridgehead atoms. The lowest BCUT2D eigenvalue weighted by Gasteiger charge is -2.27. The Morgan fingerprint density at radius 1 is 0.944 bits per heavy atom. The largest absolute Gasteiger partial charge is 0.508 e. The first kappa shape index (κ1) is 23.3. The second kappa shape index (κ2) is 9.30. The van der Waals surface area contributed by atoms with Crippen molar-refractivity contribution in [3.05, 3.63) is 83.4 Å². The standard InChI is InChI=1S/C28H26N2O6/c1-3-29(4-2)19-8-10-20(11-9-19)30-25(17-5-12-21(31)13-6-17)24(27(33)28(30)34)26(32)18-7-14-22-23(15-18)36-16-35-22/h5-15,25,31-32H,3-4,16H2,1-2H3/b26-24-. The van der Waals surface area contributed by atoms with E-state index in [0.717, 1.165) is 18.8 Å². The highest BCUT2D eigenvalue weighted by atomic mass is 16.7. The number of phenolic OH excluding ortho intramolecular Hbond substituents is 1. The average Bonchev–Trinajstić information content (AvgIpc) is 3.47. The molecule has 0 aliphatic carbocycles. The molecule has 8 heteroatoms. The number of carbonyl (C=O) groups excluding carboxylic acids is 2. The van der Waals surface area contributed by atoms with Gasteiger partial charge in [0, 0.05) is 30.0 Å². The molecule has 0 spiro atoms. The van der Waals surface area contributed by atoms with E-state index in [1.54, 1.807) is 42.5 Å². The van der Waals surface area contributed by atoms with Crippen LogP contribution in [0.15, 0.2) is 72.3 Å². The maximum absolute atomic E-state index is 13.3. The quantitative estimate of drug-likeness (QED) is 0.299. The van der Waals surface area contributed by atoms with E-state index in [0.29, 0.717) is 28.3 Å². The van der Waals surface area contributed by atoms with Gasteiger partial charge >= 0.3 is 0 Å². The number of amides is 1. The molecule has 3 aromatic carbocycles. The number of ether oxygens (including phenoxy) is 2. The Kier molecular flexibility index (Phi) is 6.01. The highest BCUT2D eigenvalue weighted by Gasteiger charge is 2.47. The molecule has 1 fully saturated rings. The molecule has 0 aromatic heterocycles. The third-order valence-electron chi connectivity index (χ3n) is 6.56. The predicted molar refractivity (Wildman–Crippen MR) is 135 cm³/mol. The van der Waals surface area contributed by atoms with Crippen LogP contribution in [0.2, 0.25) is 0 Å². The van der Waals surface area contributed by atoms with Crippen LogP contribution in [0.4, 0.5) is 11.4 Å². The number of hydrogen-bond acceptors (Lipinski definition) is 7. The summed E-state index contributed by atoms with van der Waals surface area (Å²) >= 11 is 0. The highest BCUT2D eigenvalue weighted by molar-refractivity contribution is 6.51. The molecule has 1 unspecified atom stereocenters. The molecule has 0 saturated carbocycles. The minimum Gasteiger partial charge on any atom is -0.508 e. The molecule has 2 heterocycles. The summed E-state index contributed by atoms with van der Waals surface area (Å²) in [4.78, 5) is 30.2. The third-order valence-corrected chi connectivity index (χ3v) is 6.56. The van der Waals surface area contributed by atoms with E-state index >= 15 is 0 Å². The van der Waals surface area contributed by atoms with Crippen molar-refractivity contribution in [2.45, 2.75) is 19.9 Å². The second-order valence-corrected chi connectivity index (χ2v) is 8.52. The molecule has 2 aliphatic heterocycles. The number of fused-ring (bicyclic) bond motifs is 1. The maximum atomic E-state index is 13.3. The van der Waals surface area contributed by atoms with Gasteiger partial charge in [0.2, 0.25) is 6.79 Å². The van der Waals surface area contributed by atoms with Gasteiger partial charge in [-0.05, 0) is 74.0 Å². The van der Waals surface area contributed by atoms with Crippen molar-refractivity contribution in [1.29, 1.82) is 0 Å². The number of ketones is 1. The molecule has 2 aliphatic rings. The van der Waals surface area contributed by atoms with Gasteiger partial charge in [0.1, 0.15) is 11.5 Å². The van der Waals surface area contributed by atoms with Gasteiger partial charge in [-0.2, -0.15) is 0 Å². The van der Waals surface area contributed by atoms with Crippen molar-refractivity contribution in [2.75, 3.05) is 29.7 Å². The van der Waals surface area contributed by atoms with Crippen LogP contribution in [-0.4, -0.2) is 41.8 Å². The fraction of sp³-hybridized carbons (Fsp3) is 0.214. The summed E-state index contributed by atoms with van der Waals surface area (Å²) < 4.78 is 10.8. The summed E-state index contributed by atoms with van der Waals surface area (Å²) in [6, 6.07) is 17.6. The van der Waals surface area contributed by atoms with Gasteiger partial charge in [0.05, 0.1) is 11.6 Å². The van der Waals surface area contributed by atoms with Crippen LogP contribution in [0.5, 0.6) is 17.2 Å². The van der Waals surface area contributed by atoms with Gasteiger partial charge < -0.3 is 24.6 Å². The van der Waals surface area contributed by atoms with Gasteiger partial charge in [0.15, 0.2) is 11.5 Å². The van der Waals surface area contributed by atoms with E-state index in [2.05, 4.69) is 18.7 Å². The van der Waals surface area contributed by atoms with Crippen molar-refractivity contribution in [3.63, 3.8) is 0 Å². The Labute approximate surface area is 208 Å². The molecule has 1 saturated heterocycles. The lowest BCUT2D eigenvalue weighted by molar-refractivity contribution is -0.132. The van der Waals surface area contributed by atoms with Crippen LogP contribution in [0.3, 0.4) is 0 Å². The summed E-state index contributed by atoms with van der Waals surface area (Å²) in [6.07, 6.45) is 0. The Hall–Kier alpha value is -4.46. The summed E-state index contributed by atoms with van der Waals surface area (Å²) in [7, 11) is 0. The van der Waals surface area contributed by atoms with E-state index in [1.165, 1.54) is 17.0 Å². The number of rotatable bonds is 6. The minimum atomic E-state index is -0.893. The first-order chi connectivity index (χ1) is 17.4. The fourth-order valence-electron chi connectivity index (χ4n) is 4.68. The lowest BCUT2D eigenvalue weighted by Crippen LogP contribution is -2.29. The zero-order chi connectivity index (χ0) is 25.4. The van der Waals surface area contributed by atoms with E-state index < -0.39 is 17.7 Å². The minimum absolute atomic E-state index is 0.0441. The van der Waals surface area contributed by atoms with Gasteiger partial charge in [-0.25, -0.2) is 0 Å². The normalized spacial score (nSPS) is 18.1. The van der Waals surface area contributed by atoms with Crippen LogP contribution < -0.4 is 19.3 Å². The van der Waals surface area contributed by atoms with Crippen LogP contribution in [0.1, 0.15) is 31.0 Å². The van der Waals surface area contributed by atoms with Crippen molar-refractivity contribution in [1.82, 2.24) is 0 Å².